The third-order valence-electron chi connectivity index (χ3n) is 5.71. The molecule has 4 rings (SSSR count). The van der Waals surface area contributed by atoms with Crippen LogP contribution in [-0.2, 0) is 6.54 Å². The molecule has 5 heteroatoms. The normalized spacial score (nSPS) is 13.4. The van der Waals surface area contributed by atoms with Gasteiger partial charge in [0.15, 0.2) is 0 Å². The fraction of sp³-hybridized carbons (Fsp3) is 0.231. The van der Waals surface area contributed by atoms with E-state index >= 15 is 0 Å². The average molecular weight is 414 g/mol. The van der Waals surface area contributed by atoms with Gasteiger partial charge in [-0.05, 0) is 60.4 Å². The molecule has 0 fully saturated rings. The maximum absolute atomic E-state index is 13.1. The first kappa shape index (κ1) is 20.8. The molecule has 31 heavy (non-hydrogen) atoms. The summed E-state index contributed by atoms with van der Waals surface area (Å²) in [4.78, 5) is 17.6. The number of fused-ring (bicyclic) bond motifs is 1. The highest BCUT2D eigenvalue weighted by molar-refractivity contribution is 6.03. The molecule has 158 valence electrons. The van der Waals surface area contributed by atoms with Gasteiger partial charge in [0.25, 0.3) is 5.91 Å². The molecule has 0 saturated carbocycles. The zero-order valence-corrected chi connectivity index (χ0v) is 18.1. The topological polar surface area (TPSA) is 76.7 Å². The molecule has 1 amide bonds. The van der Waals surface area contributed by atoms with Gasteiger partial charge >= 0.3 is 0 Å². The van der Waals surface area contributed by atoms with Gasteiger partial charge in [-0.3, -0.25) is 9.79 Å². The van der Waals surface area contributed by atoms with E-state index in [0.717, 1.165) is 40.1 Å². The Bertz CT molecular complexity index is 1170. The van der Waals surface area contributed by atoms with Gasteiger partial charge in [0.2, 0.25) is 0 Å². The van der Waals surface area contributed by atoms with Gasteiger partial charge in [0.1, 0.15) is 5.75 Å². The van der Waals surface area contributed by atoms with E-state index in [4.69, 9.17) is 10.5 Å². The van der Waals surface area contributed by atoms with Crippen molar-refractivity contribution in [3.8, 4) is 16.9 Å². The number of ether oxygens (including phenoxy) is 1. The van der Waals surface area contributed by atoms with Crippen LogP contribution >= 0.6 is 0 Å². The summed E-state index contributed by atoms with van der Waals surface area (Å²) < 4.78 is 5.48. The Hall–Kier alpha value is -3.44. The van der Waals surface area contributed by atoms with Crippen molar-refractivity contribution in [1.82, 2.24) is 5.32 Å². The number of nitrogens with two attached hydrogens (primary N) is 1. The highest BCUT2D eigenvalue weighted by Crippen LogP contribution is 2.30. The summed E-state index contributed by atoms with van der Waals surface area (Å²) in [7, 11) is 1.61. The van der Waals surface area contributed by atoms with Gasteiger partial charge in [-0.15, -0.1) is 0 Å². The summed E-state index contributed by atoms with van der Waals surface area (Å²) in [5.74, 6) is 0.449. The fourth-order valence-electron chi connectivity index (χ4n) is 3.94. The van der Waals surface area contributed by atoms with Crippen molar-refractivity contribution in [3.63, 3.8) is 0 Å². The molecule has 1 atom stereocenters. The minimum atomic E-state index is -0.263. The quantitative estimate of drug-likeness (QED) is 0.628. The lowest BCUT2D eigenvalue weighted by atomic mass is 9.96. The maximum Gasteiger partial charge on any atom is 0.251 e. The van der Waals surface area contributed by atoms with E-state index in [-0.39, 0.29) is 11.9 Å². The van der Waals surface area contributed by atoms with Crippen molar-refractivity contribution < 1.29 is 9.53 Å². The summed E-state index contributed by atoms with van der Waals surface area (Å²) >= 11 is 0. The second-order valence-electron chi connectivity index (χ2n) is 7.90. The Morgan fingerprint density at radius 1 is 1.10 bits per heavy atom. The standard InChI is InChI=1S/C26H27N3O2/c1-16-5-4-6-19(9-16)25(14-27)29-26(30)22-10-21(11-23(12-22)31-3)18-7-8-20-15-28-17(2)24(20)13-18/h4-13,25H,14-15,27H2,1-3H3,(H,29,30). The molecule has 0 aromatic heterocycles. The monoisotopic (exact) mass is 413 g/mol. The van der Waals surface area contributed by atoms with Crippen molar-refractivity contribution in [2.24, 2.45) is 10.7 Å². The molecule has 5 nitrogen and oxygen atoms in total. The van der Waals surface area contributed by atoms with E-state index in [1.165, 1.54) is 5.56 Å². The highest BCUT2D eigenvalue weighted by Gasteiger charge is 2.18. The van der Waals surface area contributed by atoms with Gasteiger partial charge in [-0.2, -0.15) is 0 Å². The Morgan fingerprint density at radius 3 is 2.68 bits per heavy atom. The van der Waals surface area contributed by atoms with E-state index in [1.807, 2.05) is 50.2 Å². The molecule has 1 heterocycles. The SMILES string of the molecule is COc1cc(C(=O)NC(CN)c2cccc(C)c2)cc(-c2ccc3c(c2)C(C)=NC3)c1. The van der Waals surface area contributed by atoms with Gasteiger partial charge in [-0.25, -0.2) is 0 Å². The summed E-state index contributed by atoms with van der Waals surface area (Å²) in [5.41, 5.74) is 14.0. The van der Waals surface area contributed by atoms with Crippen LogP contribution in [0.2, 0.25) is 0 Å². The molecular weight excluding hydrogens is 386 g/mol. The number of carbonyl (C=O) groups is 1. The zero-order chi connectivity index (χ0) is 22.0. The molecular formula is C26H27N3O2. The number of nitrogens with one attached hydrogen (secondary N) is 1. The van der Waals surface area contributed by atoms with E-state index in [0.29, 0.717) is 17.9 Å². The molecule has 3 aromatic rings. The Morgan fingerprint density at radius 2 is 1.94 bits per heavy atom. The van der Waals surface area contributed by atoms with Crippen LogP contribution in [0.1, 0.15) is 45.6 Å². The molecule has 1 aliphatic heterocycles. The molecule has 3 N–H and O–H groups in total. The Labute approximate surface area is 183 Å². The van der Waals surface area contributed by atoms with Crippen LogP contribution < -0.4 is 15.8 Å². The second kappa shape index (κ2) is 8.74. The first-order valence-electron chi connectivity index (χ1n) is 10.4. The minimum absolute atomic E-state index is 0.184. The smallest absolute Gasteiger partial charge is 0.251 e. The van der Waals surface area contributed by atoms with E-state index < -0.39 is 0 Å². The number of benzene rings is 3. The summed E-state index contributed by atoms with van der Waals surface area (Å²) in [6.07, 6.45) is 0. The van der Waals surface area contributed by atoms with Gasteiger partial charge in [0, 0.05) is 23.4 Å². The molecule has 1 aliphatic rings. The van der Waals surface area contributed by atoms with Crippen molar-refractivity contribution in [2.75, 3.05) is 13.7 Å². The lowest BCUT2D eigenvalue weighted by Gasteiger charge is -2.18. The van der Waals surface area contributed by atoms with Crippen LogP contribution in [0.4, 0.5) is 0 Å². The molecule has 0 saturated heterocycles. The second-order valence-corrected chi connectivity index (χ2v) is 7.90. The van der Waals surface area contributed by atoms with Crippen LogP contribution in [-0.4, -0.2) is 25.3 Å². The predicted molar refractivity (Wildman–Crippen MR) is 125 cm³/mol. The first-order valence-corrected chi connectivity index (χ1v) is 10.4. The Kier molecular flexibility index (Phi) is 5.87. The number of aryl methyl sites for hydroxylation is 1. The Balaban J connectivity index is 1.65. The van der Waals surface area contributed by atoms with Crippen LogP contribution in [0.3, 0.4) is 0 Å². The van der Waals surface area contributed by atoms with Gasteiger partial charge in [0.05, 0.1) is 19.7 Å². The first-order chi connectivity index (χ1) is 15.0. The molecule has 0 radical (unpaired) electrons. The van der Waals surface area contributed by atoms with E-state index in [1.54, 1.807) is 13.2 Å². The predicted octanol–water partition coefficient (Wildman–Crippen LogP) is 4.42. The minimum Gasteiger partial charge on any atom is -0.497 e. The average Bonchev–Trinajstić information content (AvgIpc) is 3.17. The highest BCUT2D eigenvalue weighted by atomic mass is 16.5. The van der Waals surface area contributed by atoms with Gasteiger partial charge < -0.3 is 15.8 Å². The van der Waals surface area contributed by atoms with Crippen LogP contribution in [0.5, 0.6) is 5.75 Å². The number of carbonyl (C=O) groups excluding carboxylic acids is 1. The van der Waals surface area contributed by atoms with E-state index in [2.05, 4.69) is 28.5 Å². The van der Waals surface area contributed by atoms with Crippen molar-refractivity contribution >= 4 is 11.6 Å². The van der Waals surface area contributed by atoms with E-state index in [9.17, 15) is 4.79 Å². The number of methoxy groups -OCH3 is 1. The number of hydrogen-bond donors (Lipinski definition) is 2. The largest absolute Gasteiger partial charge is 0.497 e. The van der Waals surface area contributed by atoms with Crippen LogP contribution in [0.25, 0.3) is 11.1 Å². The van der Waals surface area contributed by atoms with Crippen molar-refractivity contribution in [1.29, 1.82) is 0 Å². The number of amides is 1. The number of aliphatic imine (C=N–C) groups is 1. The lowest BCUT2D eigenvalue weighted by Crippen LogP contribution is -2.33. The molecule has 0 bridgehead atoms. The number of rotatable bonds is 6. The van der Waals surface area contributed by atoms with Crippen molar-refractivity contribution in [3.05, 3.63) is 88.5 Å². The summed E-state index contributed by atoms with van der Waals surface area (Å²) in [6, 6.07) is 19.7. The number of nitrogens with zero attached hydrogens (tertiary/aromatic N) is 1. The molecule has 0 spiro atoms. The summed E-state index contributed by atoms with van der Waals surface area (Å²) in [5, 5.41) is 3.07. The van der Waals surface area contributed by atoms with Crippen LogP contribution in [0, 0.1) is 6.92 Å². The van der Waals surface area contributed by atoms with Crippen molar-refractivity contribution in [2.45, 2.75) is 26.4 Å². The third kappa shape index (κ3) is 4.37. The molecule has 0 aliphatic carbocycles. The lowest BCUT2D eigenvalue weighted by molar-refractivity contribution is 0.0937. The van der Waals surface area contributed by atoms with Gasteiger partial charge in [-0.1, -0.05) is 42.0 Å². The third-order valence-corrected chi connectivity index (χ3v) is 5.71. The van der Waals surface area contributed by atoms with Crippen LogP contribution in [0.15, 0.2) is 65.7 Å². The maximum atomic E-state index is 13.1. The summed E-state index contributed by atoms with van der Waals surface area (Å²) in [6.45, 7) is 5.09. The zero-order valence-electron chi connectivity index (χ0n) is 18.1. The molecule has 1 unspecified atom stereocenters. The molecule has 3 aromatic carbocycles. The number of hydrogen-bond acceptors (Lipinski definition) is 4. The fourth-order valence-corrected chi connectivity index (χ4v) is 3.94.